The molecule has 2 aromatic rings. The number of rotatable bonds is 7. The zero-order valence-corrected chi connectivity index (χ0v) is 15.9. The molecule has 1 fully saturated rings. The maximum atomic E-state index is 12.5. The quantitative estimate of drug-likeness (QED) is 0.680. The van der Waals surface area contributed by atoms with Crippen LogP contribution in [0.3, 0.4) is 0 Å². The molecule has 2 aromatic carbocycles. The highest BCUT2D eigenvalue weighted by Crippen LogP contribution is 2.25. The van der Waals surface area contributed by atoms with E-state index in [-0.39, 0.29) is 17.7 Å². The van der Waals surface area contributed by atoms with Gasteiger partial charge in [-0.15, -0.1) is 0 Å². The van der Waals surface area contributed by atoms with Gasteiger partial charge in [-0.3, -0.25) is 9.59 Å². The van der Waals surface area contributed by atoms with Crippen molar-refractivity contribution in [2.45, 2.75) is 32.1 Å². The monoisotopic (exact) mass is 381 g/mol. The van der Waals surface area contributed by atoms with Crippen LogP contribution in [0.25, 0.3) is 0 Å². The van der Waals surface area contributed by atoms with Crippen molar-refractivity contribution in [1.29, 1.82) is 0 Å². The number of anilines is 2. The first-order chi connectivity index (χ1) is 13.7. The third kappa shape index (κ3) is 5.57. The average Bonchev–Trinajstić information content (AvgIpc) is 2.74. The molecule has 0 aromatic heterocycles. The third-order valence-corrected chi connectivity index (χ3v) is 4.87. The normalized spacial score (nSPS) is 14.3. The molecule has 0 heterocycles. The van der Waals surface area contributed by atoms with Crippen LogP contribution in [0.15, 0.2) is 48.5 Å². The van der Waals surface area contributed by atoms with Crippen molar-refractivity contribution < 1.29 is 14.3 Å². The molecule has 6 heteroatoms. The van der Waals surface area contributed by atoms with Gasteiger partial charge < -0.3 is 21.1 Å². The van der Waals surface area contributed by atoms with E-state index in [0.717, 1.165) is 25.7 Å². The molecule has 4 N–H and O–H groups in total. The Morgan fingerprint density at radius 1 is 0.964 bits per heavy atom. The van der Waals surface area contributed by atoms with E-state index >= 15 is 0 Å². The Morgan fingerprint density at radius 2 is 1.71 bits per heavy atom. The van der Waals surface area contributed by atoms with Crippen molar-refractivity contribution >= 4 is 23.2 Å². The van der Waals surface area contributed by atoms with Gasteiger partial charge in [0.2, 0.25) is 5.91 Å². The van der Waals surface area contributed by atoms with Crippen molar-refractivity contribution in [2.75, 3.05) is 23.8 Å². The molecule has 0 radical (unpaired) electrons. The summed E-state index contributed by atoms with van der Waals surface area (Å²) in [5, 5.41) is 5.81. The molecule has 0 aliphatic heterocycles. The van der Waals surface area contributed by atoms with Crippen LogP contribution in [0.1, 0.15) is 42.5 Å². The summed E-state index contributed by atoms with van der Waals surface area (Å²) in [5.41, 5.74) is 7.22. The van der Waals surface area contributed by atoms with Crippen molar-refractivity contribution in [3.63, 3.8) is 0 Å². The van der Waals surface area contributed by atoms with Crippen LogP contribution in [-0.2, 0) is 4.79 Å². The summed E-state index contributed by atoms with van der Waals surface area (Å²) in [6, 6.07) is 14.1. The number of carbonyl (C=O) groups excluding carboxylic acids is 2. The fourth-order valence-electron chi connectivity index (χ4n) is 3.36. The van der Waals surface area contributed by atoms with Crippen molar-refractivity contribution in [2.24, 2.45) is 11.7 Å². The van der Waals surface area contributed by atoms with Gasteiger partial charge in [0.25, 0.3) is 5.91 Å². The minimum Gasteiger partial charge on any atom is -0.492 e. The molecule has 0 bridgehead atoms. The number of carbonyl (C=O) groups is 2. The molecule has 1 aliphatic rings. The molecule has 2 amide bonds. The lowest BCUT2D eigenvalue weighted by Crippen LogP contribution is -2.24. The predicted molar refractivity (Wildman–Crippen MR) is 111 cm³/mol. The van der Waals surface area contributed by atoms with E-state index in [4.69, 9.17) is 10.5 Å². The Kier molecular flexibility index (Phi) is 7.03. The zero-order valence-electron chi connectivity index (χ0n) is 15.9. The van der Waals surface area contributed by atoms with E-state index < -0.39 is 0 Å². The molecule has 28 heavy (non-hydrogen) atoms. The number of benzene rings is 2. The van der Waals surface area contributed by atoms with E-state index in [2.05, 4.69) is 10.6 Å². The van der Waals surface area contributed by atoms with E-state index in [9.17, 15) is 9.59 Å². The van der Waals surface area contributed by atoms with Crippen LogP contribution < -0.4 is 21.1 Å². The summed E-state index contributed by atoms with van der Waals surface area (Å²) < 4.78 is 5.42. The standard InChI is InChI=1S/C22H27N3O3/c23-13-14-28-20-11-9-18(10-12-20)24-22(27)17-7-4-8-19(15-17)25-21(26)16-5-2-1-3-6-16/h4,7-12,15-16H,1-3,5-6,13-14,23H2,(H,24,27)(H,25,26). The van der Waals surface area contributed by atoms with Gasteiger partial charge in [0, 0.05) is 29.4 Å². The van der Waals surface area contributed by atoms with Gasteiger partial charge in [0.1, 0.15) is 12.4 Å². The molecule has 148 valence electrons. The lowest BCUT2D eigenvalue weighted by Gasteiger charge is -2.20. The highest BCUT2D eigenvalue weighted by atomic mass is 16.5. The van der Waals surface area contributed by atoms with Crippen molar-refractivity contribution in [3.05, 3.63) is 54.1 Å². The molecule has 0 saturated heterocycles. The summed E-state index contributed by atoms with van der Waals surface area (Å²) in [5.74, 6) is 0.594. The molecule has 3 rings (SSSR count). The first-order valence-corrected chi connectivity index (χ1v) is 9.81. The van der Waals surface area contributed by atoms with Crippen molar-refractivity contribution in [1.82, 2.24) is 0 Å². The summed E-state index contributed by atoms with van der Waals surface area (Å²) in [6.07, 6.45) is 5.31. The molecule has 0 unspecified atom stereocenters. The van der Waals surface area contributed by atoms with Gasteiger partial charge in [0.05, 0.1) is 0 Å². The fraction of sp³-hybridized carbons (Fsp3) is 0.364. The lowest BCUT2D eigenvalue weighted by molar-refractivity contribution is -0.120. The van der Waals surface area contributed by atoms with Crippen LogP contribution in [0.2, 0.25) is 0 Å². The number of nitrogens with one attached hydrogen (secondary N) is 2. The molecule has 0 spiro atoms. The van der Waals surface area contributed by atoms with Crippen LogP contribution in [0, 0.1) is 5.92 Å². The summed E-state index contributed by atoms with van der Waals surface area (Å²) >= 11 is 0. The number of amides is 2. The predicted octanol–water partition coefficient (Wildman–Crippen LogP) is 3.80. The Balaban J connectivity index is 1.59. The van der Waals surface area contributed by atoms with Gasteiger partial charge in [-0.25, -0.2) is 0 Å². The van der Waals surface area contributed by atoms with Crippen LogP contribution >= 0.6 is 0 Å². The van der Waals surface area contributed by atoms with Gasteiger partial charge in [-0.2, -0.15) is 0 Å². The van der Waals surface area contributed by atoms with Crippen molar-refractivity contribution in [3.8, 4) is 5.75 Å². The second kappa shape index (κ2) is 9.90. The summed E-state index contributed by atoms with van der Waals surface area (Å²) in [7, 11) is 0. The number of ether oxygens (including phenoxy) is 1. The Morgan fingerprint density at radius 3 is 2.43 bits per heavy atom. The van der Waals surface area contributed by atoms with Crippen LogP contribution in [0.4, 0.5) is 11.4 Å². The SMILES string of the molecule is NCCOc1ccc(NC(=O)c2cccc(NC(=O)C3CCCCC3)c2)cc1. The second-order valence-electron chi connectivity index (χ2n) is 7.02. The van der Waals surface area contributed by atoms with Gasteiger partial charge in [0.15, 0.2) is 0 Å². The summed E-state index contributed by atoms with van der Waals surface area (Å²) in [6.45, 7) is 0.900. The minimum absolute atomic E-state index is 0.0466. The minimum atomic E-state index is -0.232. The molecular weight excluding hydrogens is 354 g/mol. The Bertz CT molecular complexity index is 799. The molecule has 6 nitrogen and oxygen atoms in total. The first kappa shape index (κ1) is 19.9. The van der Waals surface area contributed by atoms with E-state index in [1.165, 1.54) is 6.42 Å². The van der Waals surface area contributed by atoms with E-state index in [0.29, 0.717) is 35.8 Å². The smallest absolute Gasteiger partial charge is 0.255 e. The second-order valence-corrected chi connectivity index (χ2v) is 7.02. The topological polar surface area (TPSA) is 93.4 Å². The molecule has 0 atom stereocenters. The number of hydrogen-bond donors (Lipinski definition) is 3. The van der Waals surface area contributed by atoms with Gasteiger partial charge >= 0.3 is 0 Å². The molecular formula is C22H27N3O3. The van der Waals surface area contributed by atoms with E-state index in [1.54, 1.807) is 48.5 Å². The lowest BCUT2D eigenvalue weighted by atomic mass is 9.88. The molecule has 1 saturated carbocycles. The summed E-state index contributed by atoms with van der Waals surface area (Å²) in [4.78, 5) is 25.0. The highest BCUT2D eigenvalue weighted by molar-refractivity contribution is 6.05. The zero-order chi connectivity index (χ0) is 19.8. The maximum Gasteiger partial charge on any atom is 0.255 e. The van der Waals surface area contributed by atoms with E-state index in [1.807, 2.05) is 0 Å². The largest absolute Gasteiger partial charge is 0.492 e. The number of hydrogen-bond acceptors (Lipinski definition) is 4. The average molecular weight is 381 g/mol. The third-order valence-electron chi connectivity index (χ3n) is 4.87. The maximum absolute atomic E-state index is 12.5. The van der Waals surface area contributed by atoms with Gasteiger partial charge in [-0.05, 0) is 55.3 Å². The van der Waals surface area contributed by atoms with Gasteiger partial charge in [-0.1, -0.05) is 25.3 Å². The first-order valence-electron chi connectivity index (χ1n) is 9.81. The molecule has 1 aliphatic carbocycles. The fourth-order valence-corrected chi connectivity index (χ4v) is 3.36. The Hall–Kier alpha value is -2.86. The highest BCUT2D eigenvalue weighted by Gasteiger charge is 2.21. The number of nitrogens with two attached hydrogens (primary N) is 1. The van der Waals surface area contributed by atoms with Crippen LogP contribution in [-0.4, -0.2) is 25.0 Å². The van der Waals surface area contributed by atoms with Crippen LogP contribution in [0.5, 0.6) is 5.75 Å². The Labute approximate surface area is 165 Å².